The van der Waals surface area contributed by atoms with Crippen molar-refractivity contribution in [2.45, 2.75) is 38.6 Å². The first-order valence-electron chi connectivity index (χ1n) is 6.20. The van der Waals surface area contributed by atoms with Crippen molar-refractivity contribution < 1.29 is 14.3 Å². The number of nitrogens with zero attached hydrogens (tertiary/aromatic N) is 1. The molecule has 1 saturated heterocycles. The van der Waals surface area contributed by atoms with Crippen molar-refractivity contribution in [3.63, 3.8) is 0 Å². The van der Waals surface area contributed by atoms with Crippen LogP contribution >= 0.6 is 0 Å². The molecule has 0 saturated carbocycles. The van der Waals surface area contributed by atoms with Crippen LogP contribution in [-0.2, 0) is 0 Å². The third kappa shape index (κ3) is 2.52. The highest BCUT2D eigenvalue weighted by Crippen LogP contribution is 2.24. The van der Waals surface area contributed by atoms with Gasteiger partial charge < -0.3 is 14.4 Å². The summed E-state index contributed by atoms with van der Waals surface area (Å²) in [6.45, 7) is 2.88. The smallest absolute Gasteiger partial charge is 0.290 e. The van der Waals surface area contributed by atoms with Crippen molar-refractivity contribution in [2.24, 2.45) is 0 Å². The zero-order valence-electron chi connectivity index (χ0n) is 10.2. The Morgan fingerprint density at radius 1 is 1.65 bits per heavy atom. The molecule has 2 rings (SSSR count). The lowest BCUT2D eigenvalue weighted by Crippen LogP contribution is -2.35. The van der Waals surface area contributed by atoms with Crippen LogP contribution in [0.1, 0.15) is 41.8 Å². The van der Waals surface area contributed by atoms with Crippen LogP contribution in [0.3, 0.4) is 0 Å². The van der Waals surface area contributed by atoms with Crippen LogP contribution in [-0.4, -0.2) is 35.1 Å². The second-order valence-electron chi connectivity index (χ2n) is 4.59. The average molecular weight is 237 g/mol. The first-order chi connectivity index (χ1) is 8.24. The molecule has 0 bridgehead atoms. The molecule has 0 spiro atoms. The second-order valence-corrected chi connectivity index (χ2v) is 4.59. The van der Waals surface area contributed by atoms with Crippen molar-refractivity contribution >= 4 is 5.91 Å². The van der Waals surface area contributed by atoms with Gasteiger partial charge in [-0.25, -0.2) is 0 Å². The van der Waals surface area contributed by atoms with Crippen LogP contribution in [0.4, 0.5) is 0 Å². The van der Waals surface area contributed by atoms with Crippen LogP contribution in [0.5, 0.6) is 0 Å². The second kappa shape index (κ2) is 5.36. The molecule has 0 radical (unpaired) electrons. The molecule has 94 valence electrons. The van der Waals surface area contributed by atoms with Crippen LogP contribution in [0, 0.1) is 6.92 Å². The quantitative estimate of drug-likeness (QED) is 0.871. The fourth-order valence-corrected chi connectivity index (χ4v) is 2.45. The molecule has 0 aromatic carbocycles. The van der Waals surface area contributed by atoms with Crippen molar-refractivity contribution in [2.75, 3.05) is 13.2 Å². The minimum atomic E-state index is -0.00654. The fourth-order valence-electron chi connectivity index (χ4n) is 2.45. The first-order valence-corrected chi connectivity index (χ1v) is 6.20. The van der Waals surface area contributed by atoms with Gasteiger partial charge in [0.15, 0.2) is 5.76 Å². The summed E-state index contributed by atoms with van der Waals surface area (Å²) < 4.78 is 5.25. The maximum absolute atomic E-state index is 12.3. The molecule has 4 nitrogen and oxygen atoms in total. The summed E-state index contributed by atoms with van der Waals surface area (Å²) in [5.74, 6) is 0.453. The van der Waals surface area contributed by atoms with E-state index in [1.165, 1.54) is 0 Å². The number of carbonyl (C=O) groups is 1. The number of carbonyl (C=O) groups excluding carboxylic acids is 1. The number of likely N-dealkylation sites (tertiary alicyclic amines) is 1. The number of aliphatic hydroxyl groups is 1. The normalized spacial score (nSPS) is 19.9. The Hall–Kier alpha value is -1.29. The molecule has 1 aromatic heterocycles. The van der Waals surface area contributed by atoms with Crippen LogP contribution in [0.15, 0.2) is 16.7 Å². The number of amides is 1. The van der Waals surface area contributed by atoms with Gasteiger partial charge in [-0.2, -0.15) is 0 Å². The van der Waals surface area contributed by atoms with Gasteiger partial charge in [-0.05, 0) is 38.7 Å². The third-order valence-electron chi connectivity index (χ3n) is 3.39. The van der Waals surface area contributed by atoms with E-state index < -0.39 is 0 Å². The van der Waals surface area contributed by atoms with Gasteiger partial charge in [-0.15, -0.1) is 0 Å². The predicted molar refractivity (Wildman–Crippen MR) is 63.8 cm³/mol. The standard InChI is InChI=1S/C13H19NO3/c1-10-6-9-17-12(10)13(16)14-7-2-4-11(14)5-3-8-15/h6,9,11,15H,2-5,7-8H2,1H3. The summed E-state index contributed by atoms with van der Waals surface area (Å²) in [4.78, 5) is 14.2. The molecule has 0 aliphatic carbocycles. The number of furan rings is 1. The minimum Gasteiger partial charge on any atom is -0.459 e. The van der Waals surface area contributed by atoms with Gasteiger partial charge in [0.2, 0.25) is 0 Å². The van der Waals surface area contributed by atoms with Gasteiger partial charge in [0, 0.05) is 24.8 Å². The van der Waals surface area contributed by atoms with Gasteiger partial charge in [0.05, 0.1) is 6.26 Å². The molecule has 17 heavy (non-hydrogen) atoms. The molecular weight excluding hydrogens is 218 g/mol. The molecule has 1 aliphatic rings. The molecule has 2 heterocycles. The number of hydrogen-bond acceptors (Lipinski definition) is 3. The maximum atomic E-state index is 12.3. The molecule has 1 amide bonds. The Morgan fingerprint density at radius 3 is 3.12 bits per heavy atom. The van der Waals surface area contributed by atoms with Crippen molar-refractivity contribution in [1.29, 1.82) is 0 Å². The van der Waals surface area contributed by atoms with Crippen LogP contribution in [0.2, 0.25) is 0 Å². The Labute approximate surface area is 101 Å². The number of aliphatic hydroxyl groups excluding tert-OH is 1. The zero-order chi connectivity index (χ0) is 12.3. The van der Waals surface area contributed by atoms with E-state index in [-0.39, 0.29) is 18.6 Å². The first kappa shape index (κ1) is 12.2. The van der Waals surface area contributed by atoms with E-state index in [2.05, 4.69) is 0 Å². The third-order valence-corrected chi connectivity index (χ3v) is 3.39. The van der Waals surface area contributed by atoms with E-state index in [9.17, 15) is 4.79 Å². The molecule has 1 atom stereocenters. The highest BCUT2D eigenvalue weighted by molar-refractivity contribution is 5.93. The minimum absolute atomic E-state index is 0.00654. The van der Waals surface area contributed by atoms with Crippen molar-refractivity contribution in [3.8, 4) is 0 Å². The van der Waals surface area contributed by atoms with Gasteiger partial charge in [0.1, 0.15) is 0 Å². The summed E-state index contributed by atoms with van der Waals surface area (Å²) in [5, 5.41) is 8.86. The Balaban J connectivity index is 2.06. The highest BCUT2D eigenvalue weighted by Gasteiger charge is 2.30. The lowest BCUT2D eigenvalue weighted by atomic mass is 10.1. The van der Waals surface area contributed by atoms with Gasteiger partial charge in [-0.1, -0.05) is 0 Å². The molecule has 1 N–H and O–H groups in total. The summed E-state index contributed by atoms with van der Waals surface area (Å²) in [6.07, 6.45) is 5.27. The van der Waals surface area contributed by atoms with E-state index in [1.807, 2.05) is 17.9 Å². The molecule has 1 fully saturated rings. The van der Waals surface area contributed by atoms with Gasteiger partial charge in [-0.3, -0.25) is 4.79 Å². The summed E-state index contributed by atoms with van der Waals surface area (Å²) in [5.41, 5.74) is 0.891. The van der Waals surface area contributed by atoms with Crippen molar-refractivity contribution in [3.05, 3.63) is 23.7 Å². The van der Waals surface area contributed by atoms with Crippen LogP contribution in [0.25, 0.3) is 0 Å². The Kier molecular flexibility index (Phi) is 3.84. The van der Waals surface area contributed by atoms with Gasteiger partial charge in [0.25, 0.3) is 5.91 Å². The lowest BCUT2D eigenvalue weighted by Gasteiger charge is -2.23. The fraction of sp³-hybridized carbons (Fsp3) is 0.615. The average Bonchev–Trinajstić information content (AvgIpc) is 2.94. The summed E-state index contributed by atoms with van der Waals surface area (Å²) in [7, 11) is 0. The Bertz CT molecular complexity index is 386. The van der Waals surface area contributed by atoms with E-state index in [0.29, 0.717) is 5.76 Å². The Morgan fingerprint density at radius 2 is 2.47 bits per heavy atom. The van der Waals surface area contributed by atoms with Crippen LogP contribution < -0.4 is 0 Å². The number of aryl methyl sites for hydroxylation is 1. The highest BCUT2D eigenvalue weighted by atomic mass is 16.3. The SMILES string of the molecule is Cc1ccoc1C(=O)N1CCCC1CCCO. The van der Waals surface area contributed by atoms with Gasteiger partial charge >= 0.3 is 0 Å². The maximum Gasteiger partial charge on any atom is 0.290 e. The monoisotopic (exact) mass is 237 g/mol. The zero-order valence-corrected chi connectivity index (χ0v) is 10.2. The molecule has 1 aliphatic heterocycles. The summed E-state index contributed by atoms with van der Waals surface area (Å²) in [6, 6.07) is 2.07. The molecule has 4 heteroatoms. The van der Waals surface area contributed by atoms with E-state index in [0.717, 1.165) is 37.8 Å². The molecule has 1 unspecified atom stereocenters. The predicted octanol–water partition coefficient (Wildman–Crippen LogP) is 1.97. The largest absolute Gasteiger partial charge is 0.459 e. The van der Waals surface area contributed by atoms with E-state index >= 15 is 0 Å². The topological polar surface area (TPSA) is 53.7 Å². The molecule has 1 aromatic rings. The van der Waals surface area contributed by atoms with E-state index in [1.54, 1.807) is 6.26 Å². The number of rotatable bonds is 4. The number of hydrogen-bond donors (Lipinski definition) is 1. The molecular formula is C13H19NO3. The van der Waals surface area contributed by atoms with E-state index in [4.69, 9.17) is 9.52 Å². The lowest BCUT2D eigenvalue weighted by molar-refractivity contribution is 0.0691. The van der Waals surface area contributed by atoms with Crippen molar-refractivity contribution in [1.82, 2.24) is 4.90 Å². The summed E-state index contributed by atoms with van der Waals surface area (Å²) >= 11 is 0.